The van der Waals surface area contributed by atoms with Gasteiger partial charge in [-0.1, -0.05) is 23.2 Å². The van der Waals surface area contributed by atoms with Gasteiger partial charge in [0.1, 0.15) is 16.5 Å². The fourth-order valence-corrected chi connectivity index (χ4v) is 3.01. The fraction of sp³-hybridized carbons (Fsp3) is 0.250. The molecule has 114 valence electrons. The largest absolute Gasteiger partial charge is 0.416 e. The van der Waals surface area contributed by atoms with Gasteiger partial charge >= 0.3 is 6.18 Å². The van der Waals surface area contributed by atoms with Gasteiger partial charge in [0.25, 0.3) is 0 Å². The number of nitrogens with two attached hydrogens (primary N) is 1. The van der Waals surface area contributed by atoms with Crippen LogP contribution in [0.25, 0.3) is 5.69 Å². The number of nitrogens with zero attached hydrogens (tertiary/aromatic N) is 2. The number of alkyl halides is 3. The molecule has 0 aliphatic rings. The monoisotopic (exact) mass is 355 g/mol. The van der Waals surface area contributed by atoms with E-state index in [9.17, 15) is 13.2 Å². The summed E-state index contributed by atoms with van der Waals surface area (Å²) in [6, 6.07) is 1.61. The third-order valence-electron chi connectivity index (χ3n) is 2.87. The van der Waals surface area contributed by atoms with Gasteiger partial charge in [0.05, 0.1) is 15.6 Å². The Kier molecular flexibility index (Phi) is 4.37. The molecule has 0 saturated heterocycles. The Morgan fingerprint density at radius 2 is 1.76 bits per heavy atom. The molecule has 0 spiro atoms. The van der Waals surface area contributed by atoms with E-state index < -0.39 is 11.7 Å². The van der Waals surface area contributed by atoms with Crippen molar-refractivity contribution in [2.45, 2.75) is 18.1 Å². The summed E-state index contributed by atoms with van der Waals surface area (Å²) in [4.78, 5) is 0. The van der Waals surface area contributed by atoms with Crippen LogP contribution in [-0.4, -0.2) is 16.0 Å². The Balaban J connectivity index is 2.66. The van der Waals surface area contributed by atoms with Gasteiger partial charge in [0, 0.05) is 5.56 Å². The molecule has 0 atom stereocenters. The summed E-state index contributed by atoms with van der Waals surface area (Å²) >= 11 is 13.3. The van der Waals surface area contributed by atoms with E-state index in [1.807, 2.05) is 6.26 Å². The lowest BCUT2D eigenvalue weighted by molar-refractivity contribution is -0.137. The zero-order chi connectivity index (χ0) is 15.9. The minimum absolute atomic E-state index is 0.132. The van der Waals surface area contributed by atoms with Gasteiger partial charge in [-0.05, 0) is 25.3 Å². The molecule has 1 aromatic heterocycles. The molecule has 0 aliphatic carbocycles. The summed E-state index contributed by atoms with van der Waals surface area (Å²) in [5.74, 6) is 0.280. The van der Waals surface area contributed by atoms with Crippen LogP contribution in [0.4, 0.5) is 19.0 Å². The Labute approximate surface area is 133 Å². The highest BCUT2D eigenvalue weighted by Gasteiger charge is 2.32. The van der Waals surface area contributed by atoms with E-state index in [2.05, 4.69) is 5.10 Å². The molecule has 0 amide bonds. The highest BCUT2D eigenvalue weighted by atomic mass is 35.5. The molecule has 2 N–H and O–H groups in total. The summed E-state index contributed by atoms with van der Waals surface area (Å²) in [6.45, 7) is 1.76. The molecule has 0 unspecified atom stereocenters. The number of thioether (sulfide) groups is 1. The predicted octanol–water partition coefficient (Wildman–Crippen LogP) is 4.81. The van der Waals surface area contributed by atoms with Crippen molar-refractivity contribution in [1.29, 1.82) is 0 Å². The van der Waals surface area contributed by atoms with Crippen molar-refractivity contribution >= 4 is 40.8 Å². The van der Waals surface area contributed by atoms with E-state index in [1.54, 1.807) is 6.92 Å². The molecular formula is C12H10Cl2F3N3S. The molecule has 0 radical (unpaired) electrons. The van der Waals surface area contributed by atoms with Crippen LogP contribution in [0.1, 0.15) is 11.1 Å². The Morgan fingerprint density at radius 3 is 2.14 bits per heavy atom. The zero-order valence-electron chi connectivity index (χ0n) is 10.9. The van der Waals surface area contributed by atoms with Crippen LogP contribution in [0.15, 0.2) is 17.2 Å². The second-order valence-corrected chi connectivity index (χ2v) is 5.83. The van der Waals surface area contributed by atoms with Gasteiger partial charge in [-0.2, -0.15) is 18.3 Å². The molecule has 9 heteroatoms. The van der Waals surface area contributed by atoms with Crippen molar-refractivity contribution in [1.82, 2.24) is 9.78 Å². The third kappa shape index (κ3) is 2.95. The molecule has 3 nitrogen and oxygen atoms in total. The lowest BCUT2D eigenvalue weighted by atomic mass is 10.2. The van der Waals surface area contributed by atoms with Crippen molar-refractivity contribution in [3.05, 3.63) is 33.3 Å². The average Bonchev–Trinajstić information content (AvgIpc) is 2.65. The number of benzene rings is 1. The van der Waals surface area contributed by atoms with Crippen molar-refractivity contribution in [3.63, 3.8) is 0 Å². The highest BCUT2D eigenvalue weighted by Crippen LogP contribution is 2.39. The number of anilines is 1. The van der Waals surface area contributed by atoms with Gasteiger partial charge in [0.15, 0.2) is 0 Å². The maximum atomic E-state index is 12.7. The summed E-state index contributed by atoms with van der Waals surface area (Å²) in [5, 5.41) is 4.53. The Hall–Kier alpha value is -1.05. The van der Waals surface area contributed by atoms with Crippen molar-refractivity contribution in [2.24, 2.45) is 0 Å². The molecule has 0 fully saturated rings. The van der Waals surface area contributed by atoms with Gasteiger partial charge in [-0.3, -0.25) is 0 Å². The van der Waals surface area contributed by atoms with E-state index >= 15 is 0 Å². The van der Waals surface area contributed by atoms with Crippen LogP contribution < -0.4 is 5.73 Å². The standard InChI is InChI=1S/C12H10Cl2F3N3S/c1-5-10(18)20(19-11(5)21-2)9-7(13)3-6(4-8(9)14)12(15,16)17/h3-4H,18H2,1-2H3. The topological polar surface area (TPSA) is 43.8 Å². The maximum Gasteiger partial charge on any atom is 0.416 e. The van der Waals surface area contributed by atoms with E-state index in [0.29, 0.717) is 5.03 Å². The summed E-state index contributed by atoms with van der Waals surface area (Å²) in [5.41, 5.74) is 5.85. The van der Waals surface area contributed by atoms with Crippen molar-refractivity contribution < 1.29 is 13.2 Å². The second kappa shape index (κ2) is 5.62. The second-order valence-electron chi connectivity index (χ2n) is 4.22. The first-order chi connectivity index (χ1) is 9.66. The van der Waals surface area contributed by atoms with Crippen LogP contribution in [-0.2, 0) is 6.18 Å². The molecular weight excluding hydrogens is 346 g/mol. The Morgan fingerprint density at radius 1 is 1.24 bits per heavy atom. The molecule has 21 heavy (non-hydrogen) atoms. The smallest absolute Gasteiger partial charge is 0.383 e. The predicted molar refractivity (Wildman–Crippen MR) is 79.5 cm³/mol. The van der Waals surface area contributed by atoms with Crippen LogP contribution in [0.2, 0.25) is 10.0 Å². The van der Waals surface area contributed by atoms with Crippen molar-refractivity contribution in [3.8, 4) is 5.69 Å². The van der Waals surface area contributed by atoms with E-state index in [1.165, 1.54) is 16.4 Å². The minimum Gasteiger partial charge on any atom is -0.383 e. The Bertz CT molecular complexity index is 675. The first-order valence-electron chi connectivity index (χ1n) is 5.62. The van der Waals surface area contributed by atoms with Gasteiger partial charge in [0.2, 0.25) is 0 Å². The lowest BCUT2D eigenvalue weighted by Crippen LogP contribution is -2.08. The number of hydrogen-bond donors (Lipinski definition) is 1. The third-order valence-corrected chi connectivity index (χ3v) is 4.22. The molecule has 0 bridgehead atoms. The van der Waals surface area contributed by atoms with Gasteiger partial charge < -0.3 is 5.73 Å². The molecule has 0 aliphatic heterocycles. The number of aromatic nitrogens is 2. The molecule has 2 aromatic rings. The molecule has 1 heterocycles. The van der Waals surface area contributed by atoms with Crippen LogP contribution in [0.3, 0.4) is 0 Å². The summed E-state index contributed by atoms with van der Waals surface area (Å²) in [7, 11) is 0. The first kappa shape index (κ1) is 16.3. The number of rotatable bonds is 2. The highest BCUT2D eigenvalue weighted by molar-refractivity contribution is 7.98. The number of hydrogen-bond acceptors (Lipinski definition) is 3. The van der Waals surface area contributed by atoms with Gasteiger partial charge in [-0.25, -0.2) is 4.68 Å². The molecule has 2 rings (SSSR count). The van der Waals surface area contributed by atoms with E-state index in [-0.39, 0.29) is 21.6 Å². The van der Waals surface area contributed by atoms with E-state index in [0.717, 1.165) is 17.7 Å². The normalized spacial score (nSPS) is 12.0. The van der Waals surface area contributed by atoms with E-state index in [4.69, 9.17) is 28.9 Å². The number of nitrogen functional groups attached to an aromatic ring is 1. The number of halogens is 5. The minimum atomic E-state index is -4.53. The fourth-order valence-electron chi connectivity index (χ4n) is 1.78. The quantitative estimate of drug-likeness (QED) is 0.786. The first-order valence-corrected chi connectivity index (χ1v) is 7.60. The zero-order valence-corrected chi connectivity index (χ0v) is 13.3. The van der Waals surface area contributed by atoms with Crippen LogP contribution in [0, 0.1) is 6.92 Å². The molecule has 0 saturated carbocycles. The lowest BCUT2D eigenvalue weighted by Gasteiger charge is -2.13. The van der Waals surface area contributed by atoms with Crippen LogP contribution in [0.5, 0.6) is 0 Å². The maximum absolute atomic E-state index is 12.7. The van der Waals surface area contributed by atoms with Crippen molar-refractivity contribution in [2.75, 3.05) is 12.0 Å². The summed E-state index contributed by atoms with van der Waals surface area (Å²) < 4.78 is 39.4. The average molecular weight is 356 g/mol. The van der Waals surface area contributed by atoms with Crippen LogP contribution >= 0.6 is 35.0 Å². The van der Waals surface area contributed by atoms with Gasteiger partial charge in [-0.15, -0.1) is 11.8 Å². The summed E-state index contributed by atoms with van der Waals surface area (Å²) in [6.07, 6.45) is -2.71. The molecule has 1 aromatic carbocycles. The SMILES string of the molecule is CSc1nn(-c2c(Cl)cc(C(F)(F)F)cc2Cl)c(N)c1C.